The van der Waals surface area contributed by atoms with Gasteiger partial charge in [-0.2, -0.15) is 0 Å². The Morgan fingerprint density at radius 2 is 1.70 bits per heavy atom. The monoisotopic (exact) mass is 272 g/mol. The molecule has 0 spiro atoms. The first-order chi connectivity index (χ1) is 9.72. The van der Waals surface area contributed by atoms with Crippen LogP contribution in [0.25, 0.3) is 0 Å². The molecule has 0 atom stereocenters. The quantitative estimate of drug-likeness (QED) is 0.769. The average molecular weight is 272 g/mol. The van der Waals surface area contributed by atoms with Crippen LogP contribution in [0, 0.1) is 12.7 Å². The van der Waals surface area contributed by atoms with Gasteiger partial charge in [0, 0.05) is 18.8 Å². The van der Waals surface area contributed by atoms with E-state index in [0.29, 0.717) is 12.2 Å². The molecule has 0 radical (unpaired) electrons. The van der Waals surface area contributed by atoms with Crippen molar-refractivity contribution in [1.29, 1.82) is 0 Å². The molecule has 2 rings (SSSR count). The first-order valence-electron chi connectivity index (χ1n) is 7.03. The molecule has 2 nitrogen and oxygen atoms in total. The van der Waals surface area contributed by atoms with Gasteiger partial charge < -0.3 is 10.6 Å². The molecule has 0 aliphatic rings. The summed E-state index contributed by atoms with van der Waals surface area (Å²) >= 11 is 0. The topological polar surface area (TPSA) is 24.1 Å². The van der Waals surface area contributed by atoms with E-state index in [2.05, 4.69) is 42.7 Å². The molecule has 106 valence electrons. The van der Waals surface area contributed by atoms with Crippen LogP contribution < -0.4 is 10.6 Å². The zero-order chi connectivity index (χ0) is 14.4. The van der Waals surface area contributed by atoms with Crippen molar-refractivity contribution in [2.75, 3.05) is 23.7 Å². The van der Waals surface area contributed by atoms with E-state index < -0.39 is 0 Å². The molecule has 0 amide bonds. The minimum Gasteiger partial charge on any atom is -0.383 e. The standard InChI is InChI=1S/C17H21FN2/c1-3-14-8-6-7-13(2)17(14)20-12-11-19-16-10-5-4-9-15(16)18/h4-10,19-20H,3,11-12H2,1-2H3. The lowest BCUT2D eigenvalue weighted by Crippen LogP contribution is -2.15. The lowest BCUT2D eigenvalue weighted by molar-refractivity contribution is 0.630. The molecule has 2 aromatic rings. The predicted molar refractivity (Wildman–Crippen MR) is 83.9 cm³/mol. The second-order valence-corrected chi connectivity index (χ2v) is 4.80. The molecule has 0 bridgehead atoms. The highest BCUT2D eigenvalue weighted by atomic mass is 19.1. The van der Waals surface area contributed by atoms with E-state index in [0.717, 1.165) is 13.0 Å². The van der Waals surface area contributed by atoms with Crippen molar-refractivity contribution < 1.29 is 4.39 Å². The van der Waals surface area contributed by atoms with Crippen LogP contribution in [0.4, 0.5) is 15.8 Å². The van der Waals surface area contributed by atoms with E-state index in [9.17, 15) is 4.39 Å². The molecule has 0 saturated carbocycles. The van der Waals surface area contributed by atoms with Gasteiger partial charge in [0.1, 0.15) is 5.82 Å². The molecular formula is C17H21FN2. The second-order valence-electron chi connectivity index (χ2n) is 4.80. The summed E-state index contributed by atoms with van der Waals surface area (Å²) in [6, 6.07) is 13.1. The minimum atomic E-state index is -0.211. The largest absolute Gasteiger partial charge is 0.383 e. The van der Waals surface area contributed by atoms with E-state index in [1.165, 1.54) is 22.9 Å². The summed E-state index contributed by atoms with van der Waals surface area (Å²) in [5, 5.41) is 6.54. The molecule has 0 fully saturated rings. The summed E-state index contributed by atoms with van der Waals surface area (Å²) in [4.78, 5) is 0. The van der Waals surface area contributed by atoms with E-state index in [1.807, 2.05) is 6.07 Å². The predicted octanol–water partition coefficient (Wildman–Crippen LogP) is 4.22. The number of nitrogens with one attached hydrogen (secondary N) is 2. The van der Waals surface area contributed by atoms with Gasteiger partial charge in [0.05, 0.1) is 5.69 Å². The molecule has 0 heterocycles. The summed E-state index contributed by atoms with van der Waals surface area (Å²) in [6.07, 6.45) is 1.00. The highest BCUT2D eigenvalue weighted by Crippen LogP contribution is 2.20. The van der Waals surface area contributed by atoms with E-state index in [4.69, 9.17) is 0 Å². The Bertz CT molecular complexity index is 567. The van der Waals surface area contributed by atoms with E-state index in [1.54, 1.807) is 12.1 Å². The first-order valence-corrected chi connectivity index (χ1v) is 7.03. The van der Waals surface area contributed by atoms with Crippen molar-refractivity contribution in [3.8, 4) is 0 Å². The fraction of sp³-hybridized carbons (Fsp3) is 0.294. The highest BCUT2D eigenvalue weighted by molar-refractivity contribution is 5.57. The molecule has 2 aromatic carbocycles. The molecule has 0 saturated heterocycles. The van der Waals surface area contributed by atoms with Crippen molar-refractivity contribution in [2.45, 2.75) is 20.3 Å². The fourth-order valence-electron chi connectivity index (χ4n) is 2.27. The van der Waals surface area contributed by atoms with Crippen LogP contribution in [0.2, 0.25) is 0 Å². The maximum absolute atomic E-state index is 13.4. The third-order valence-corrected chi connectivity index (χ3v) is 3.36. The average Bonchev–Trinajstić information content (AvgIpc) is 2.46. The molecule has 0 aromatic heterocycles. The first kappa shape index (κ1) is 14.4. The van der Waals surface area contributed by atoms with Crippen LogP contribution in [0.3, 0.4) is 0 Å². The molecule has 0 unspecified atom stereocenters. The van der Waals surface area contributed by atoms with Gasteiger partial charge in [-0.25, -0.2) is 4.39 Å². The molecule has 20 heavy (non-hydrogen) atoms. The Hall–Kier alpha value is -2.03. The Morgan fingerprint density at radius 1 is 0.950 bits per heavy atom. The number of hydrogen-bond donors (Lipinski definition) is 2. The normalized spacial score (nSPS) is 10.3. The number of rotatable bonds is 6. The number of anilines is 2. The lowest BCUT2D eigenvalue weighted by atomic mass is 10.1. The highest BCUT2D eigenvalue weighted by Gasteiger charge is 2.03. The summed E-state index contributed by atoms with van der Waals surface area (Å²) < 4.78 is 13.4. The second kappa shape index (κ2) is 6.94. The van der Waals surface area contributed by atoms with Crippen LogP contribution in [0.1, 0.15) is 18.1 Å². The Morgan fingerprint density at radius 3 is 2.45 bits per heavy atom. The summed E-state index contributed by atoms with van der Waals surface area (Å²) in [7, 11) is 0. The van der Waals surface area contributed by atoms with Gasteiger partial charge in [0.25, 0.3) is 0 Å². The number of benzene rings is 2. The summed E-state index contributed by atoms with van der Waals surface area (Å²) in [5.74, 6) is -0.211. The SMILES string of the molecule is CCc1cccc(C)c1NCCNc1ccccc1F. The number of halogens is 1. The Kier molecular flexibility index (Phi) is 4.99. The maximum Gasteiger partial charge on any atom is 0.146 e. The van der Waals surface area contributed by atoms with Gasteiger partial charge in [0.2, 0.25) is 0 Å². The fourth-order valence-corrected chi connectivity index (χ4v) is 2.27. The van der Waals surface area contributed by atoms with E-state index >= 15 is 0 Å². The molecule has 2 N–H and O–H groups in total. The van der Waals surface area contributed by atoms with Crippen molar-refractivity contribution in [3.05, 3.63) is 59.4 Å². The maximum atomic E-state index is 13.4. The Balaban J connectivity index is 1.89. The van der Waals surface area contributed by atoms with Crippen LogP contribution in [-0.2, 0) is 6.42 Å². The van der Waals surface area contributed by atoms with Gasteiger partial charge in [-0.1, -0.05) is 37.3 Å². The Labute approximate surface area is 120 Å². The van der Waals surface area contributed by atoms with Gasteiger partial charge in [0.15, 0.2) is 0 Å². The number of para-hydroxylation sites is 2. The molecular weight excluding hydrogens is 251 g/mol. The third-order valence-electron chi connectivity index (χ3n) is 3.36. The van der Waals surface area contributed by atoms with Crippen LogP contribution in [-0.4, -0.2) is 13.1 Å². The van der Waals surface area contributed by atoms with Crippen LogP contribution in [0.5, 0.6) is 0 Å². The summed E-state index contributed by atoms with van der Waals surface area (Å²) in [5.41, 5.74) is 4.31. The van der Waals surface area contributed by atoms with Gasteiger partial charge in [-0.3, -0.25) is 0 Å². The number of hydrogen-bond acceptors (Lipinski definition) is 2. The van der Waals surface area contributed by atoms with Crippen LogP contribution >= 0.6 is 0 Å². The lowest BCUT2D eigenvalue weighted by Gasteiger charge is -2.14. The van der Waals surface area contributed by atoms with Gasteiger partial charge in [-0.05, 0) is 36.6 Å². The van der Waals surface area contributed by atoms with Gasteiger partial charge >= 0.3 is 0 Å². The van der Waals surface area contributed by atoms with E-state index in [-0.39, 0.29) is 5.82 Å². The van der Waals surface area contributed by atoms with Crippen molar-refractivity contribution in [3.63, 3.8) is 0 Å². The zero-order valence-electron chi connectivity index (χ0n) is 12.0. The third kappa shape index (κ3) is 3.50. The molecule has 0 aliphatic carbocycles. The molecule has 3 heteroatoms. The van der Waals surface area contributed by atoms with Gasteiger partial charge in [-0.15, -0.1) is 0 Å². The smallest absolute Gasteiger partial charge is 0.146 e. The van der Waals surface area contributed by atoms with Crippen molar-refractivity contribution in [1.82, 2.24) is 0 Å². The summed E-state index contributed by atoms with van der Waals surface area (Å²) in [6.45, 7) is 5.69. The van der Waals surface area contributed by atoms with Crippen molar-refractivity contribution >= 4 is 11.4 Å². The van der Waals surface area contributed by atoms with Crippen LogP contribution in [0.15, 0.2) is 42.5 Å². The zero-order valence-corrected chi connectivity index (χ0v) is 12.0. The number of aryl methyl sites for hydroxylation is 2. The van der Waals surface area contributed by atoms with Crippen molar-refractivity contribution in [2.24, 2.45) is 0 Å². The minimum absolute atomic E-state index is 0.211. The molecule has 0 aliphatic heterocycles.